The molecule has 1 saturated heterocycles. The number of carbonyl (C=O) groups is 1. The van der Waals surface area contributed by atoms with Crippen molar-refractivity contribution in [1.29, 1.82) is 5.26 Å². The van der Waals surface area contributed by atoms with Gasteiger partial charge in [0.25, 0.3) is 0 Å². The molecule has 1 heterocycles. The molecule has 1 N–H and O–H groups in total. The van der Waals surface area contributed by atoms with Crippen LogP contribution in [-0.4, -0.2) is 29.9 Å². The monoisotopic (exact) mass is 263 g/mol. The zero-order chi connectivity index (χ0) is 13.1. The molecule has 1 amide bonds. The van der Waals surface area contributed by atoms with Crippen molar-refractivity contribution in [2.75, 3.05) is 13.1 Å². The maximum absolute atomic E-state index is 11.9. The first kappa shape index (κ1) is 12.9. The topological polar surface area (TPSA) is 56.1 Å². The molecule has 2 rings (SSSR count). The average molecular weight is 264 g/mol. The molecule has 0 aliphatic carbocycles. The molecular weight excluding hydrogens is 250 g/mol. The summed E-state index contributed by atoms with van der Waals surface area (Å²) in [5.74, 6) is 0.0849. The minimum absolute atomic E-state index is 0.0849. The van der Waals surface area contributed by atoms with E-state index in [0.29, 0.717) is 23.7 Å². The number of amides is 1. The largest absolute Gasteiger partial charge is 0.336 e. The molecule has 1 atom stereocenters. The molecule has 0 radical (unpaired) electrons. The molecule has 0 bridgehead atoms. The van der Waals surface area contributed by atoms with Gasteiger partial charge in [-0.25, -0.2) is 0 Å². The first-order valence-electron chi connectivity index (χ1n) is 5.82. The molecule has 94 valence electrons. The van der Waals surface area contributed by atoms with Crippen molar-refractivity contribution < 1.29 is 4.79 Å². The van der Waals surface area contributed by atoms with E-state index in [1.807, 2.05) is 13.0 Å². The lowest BCUT2D eigenvalue weighted by atomic mass is 10.1. The van der Waals surface area contributed by atoms with Crippen molar-refractivity contribution >= 4 is 17.5 Å². The van der Waals surface area contributed by atoms with Crippen LogP contribution in [0.3, 0.4) is 0 Å². The predicted molar refractivity (Wildman–Crippen MR) is 69.0 cm³/mol. The van der Waals surface area contributed by atoms with Gasteiger partial charge in [0.05, 0.1) is 17.7 Å². The van der Waals surface area contributed by atoms with Gasteiger partial charge in [0, 0.05) is 24.7 Å². The highest BCUT2D eigenvalue weighted by molar-refractivity contribution is 6.31. The molecule has 1 unspecified atom stereocenters. The van der Waals surface area contributed by atoms with E-state index in [0.717, 1.165) is 12.1 Å². The number of piperazine rings is 1. The molecular formula is C13H14ClN3O. The van der Waals surface area contributed by atoms with Crippen LogP contribution in [0.1, 0.15) is 18.1 Å². The minimum Gasteiger partial charge on any atom is -0.336 e. The van der Waals surface area contributed by atoms with Gasteiger partial charge in [-0.3, -0.25) is 4.79 Å². The van der Waals surface area contributed by atoms with E-state index in [-0.39, 0.29) is 11.9 Å². The Hall–Kier alpha value is -1.57. The Bertz CT molecular complexity index is 509. The molecule has 5 heteroatoms. The maximum atomic E-state index is 11.9. The number of nitrogens with zero attached hydrogens (tertiary/aromatic N) is 2. The summed E-state index contributed by atoms with van der Waals surface area (Å²) in [6, 6.07) is 7.05. The van der Waals surface area contributed by atoms with Crippen LogP contribution in [0, 0.1) is 11.3 Å². The van der Waals surface area contributed by atoms with Crippen LogP contribution >= 0.6 is 11.6 Å². The molecule has 1 aliphatic heterocycles. The Morgan fingerprint density at radius 3 is 3.06 bits per heavy atom. The number of nitrogens with one attached hydrogen (secondary N) is 1. The summed E-state index contributed by atoms with van der Waals surface area (Å²) in [6.07, 6.45) is 0. The summed E-state index contributed by atoms with van der Waals surface area (Å²) >= 11 is 6.11. The third-order valence-corrected chi connectivity index (χ3v) is 3.41. The van der Waals surface area contributed by atoms with Gasteiger partial charge in [-0.15, -0.1) is 0 Å². The van der Waals surface area contributed by atoms with E-state index in [1.165, 1.54) is 0 Å². The predicted octanol–water partition coefficient (Wildman–Crippen LogP) is 1.53. The second-order valence-corrected chi connectivity index (χ2v) is 4.76. The van der Waals surface area contributed by atoms with Crippen molar-refractivity contribution in [3.63, 3.8) is 0 Å². The summed E-state index contributed by atoms with van der Waals surface area (Å²) in [4.78, 5) is 13.7. The Balaban J connectivity index is 2.14. The van der Waals surface area contributed by atoms with Crippen molar-refractivity contribution in [3.8, 4) is 6.07 Å². The van der Waals surface area contributed by atoms with E-state index in [1.54, 1.807) is 23.1 Å². The van der Waals surface area contributed by atoms with E-state index >= 15 is 0 Å². The smallest absolute Gasteiger partial charge is 0.239 e. The fraction of sp³-hybridized carbons (Fsp3) is 0.385. The number of hydrogen-bond acceptors (Lipinski definition) is 3. The molecule has 0 spiro atoms. The summed E-state index contributed by atoms with van der Waals surface area (Å²) in [5, 5.41) is 12.4. The van der Waals surface area contributed by atoms with Gasteiger partial charge in [-0.1, -0.05) is 17.7 Å². The number of carbonyl (C=O) groups excluding carboxylic acids is 1. The van der Waals surface area contributed by atoms with Gasteiger partial charge in [0.15, 0.2) is 0 Å². The van der Waals surface area contributed by atoms with Gasteiger partial charge in [0.2, 0.25) is 5.91 Å². The summed E-state index contributed by atoms with van der Waals surface area (Å²) in [7, 11) is 0. The zero-order valence-electron chi connectivity index (χ0n) is 10.1. The van der Waals surface area contributed by atoms with Crippen LogP contribution in [0.4, 0.5) is 0 Å². The second-order valence-electron chi connectivity index (χ2n) is 4.35. The summed E-state index contributed by atoms with van der Waals surface area (Å²) in [6.45, 7) is 3.82. The molecule has 1 fully saturated rings. The molecule has 0 saturated carbocycles. The van der Waals surface area contributed by atoms with Gasteiger partial charge in [-0.05, 0) is 24.6 Å². The number of rotatable bonds is 2. The van der Waals surface area contributed by atoms with Crippen LogP contribution in [0.25, 0.3) is 0 Å². The highest BCUT2D eigenvalue weighted by Crippen LogP contribution is 2.20. The Morgan fingerprint density at radius 2 is 2.39 bits per heavy atom. The first-order valence-corrected chi connectivity index (χ1v) is 6.20. The maximum Gasteiger partial charge on any atom is 0.239 e. The quantitative estimate of drug-likeness (QED) is 0.880. The van der Waals surface area contributed by atoms with Crippen LogP contribution in [0.2, 0.25) is 5.02 Å². The van der Waals surface area contributed by atoms with Crippen LogP contribution < -0.4 is 5.32 Å². The Labute approximate surface area is 111 Å². The highest BCUT2D eigenvalue weighted by Gasteiger charge is 2.24. The van der Waals surface area contributed by atoms with Crippen LogP contribution in [0.15, 0.2) is 18.2 Å². The molecule has 18 heavy (non-hydrogen) atoms. The van der Waals surface area contributed by atoms with Gasteiger partial charge in [-0.2, -0.15) is 5.26 Å². The van der Waals surface area contributed by atoms with Crippen molar-refractivity contribution in [2.45, 2.75) is 19.5 Å². The normalized spacial score (nSPS) is 19.7. The minimum atomic E-state index is -0.143. The van der Waals surface area contributed by atoms with E-state index in [9.17, 15) is 4.79 Å². The third kappa shape index (κ3) is 2.63. The highest BCUT2D eigenvalue weighted by atomic mass is 35.5. The van der Waals surface area contributed by atoms with Gasteiger partial charge >= 0.3 is 0 Å². The fourth-order valence-corrected chi connectivity index (χ4v) is 2.24. The standard InChI is InChI=1S/C13H14ClN3O/c1-9-13(18)17(5-4-16-9)8-11-3-2-10(7-15)6-12(11)14/h2-3,6,9,16H,4-5,8H2,1H3. The van der Waals surface area contributed by atoms with E-state index < -0.39 is 0 Å². The lowest BCUT2D eigenvalue weighted by Crippen LogP contribution is -2.53. The van der Waals surface area contributed by atoms with Gasteiger partial charge < -0.3 is 10.2 Å². The lowest BCUT2D eigenvalue weighted by Gasteiger charge is -2.31. The molecule has 4 nitrogen and oxygen atoms in total. The number of benzene rings is 1. The number of nitriles is 1. The van der Waals surface area contributed by atoms with E-state index in [2.05, 4.69) is 5.32 Å². The third-order valence-electron chi connectivity index (χ3n) is 3.06. The Morgan fingerprint density at radius 1 is 1.61 bits per heavy atom. The number of halogens is 1. The molecule has 1 aromatic rings. The zero-order valence-corrected chi connectivity index (χ0v) is 10.9. The van der Waals surface area contributed by atoms with Crippen LogP contribution in [0.5, 0.6) is 0 Å². The van der Waals surface area contributed by atoms with Gasteiger partial charge in [0.1, 0.15) is 0 Å². The van der Waals surface area contributed by atoms with Crippen molar-refractivity contribution in [2.24, 2.45) is 0 Å². The Kier molecular flexibility index (Phi) is 3.85. The van der Waals surface area contributed by atoms with Crippen molar-refractivity contribution in [1.82, 2.24) is 10.2 Å². The average Bonchev–Trinajstić information content (AvgIpc) is 2.37. The van der Waals surface area contributed by atoms with Crippen LogP contribution in [-0.2, 0) is 11.3 Å². The number of hydrogen-bond donors (Lipinski definition) is 1. The molecule has 1 aromatic carbocycles. The van der Waals surface area contributed by atoms with Crippen molar-refractivity contribution in [3.05, 3.63) is 34.3 Å². The summed E-state index contributed by atoms with van der Waals surface area (Å²) in [5.41, 5.74) is 1.40. The SMILES string of the molecule is CC1NCCN(Cc2ccc(C#N)cc2Cl)C1=O. The molecule has 0 aromatic heterocycles. The lowest BCUT2D eigenvalue weighted by molar-refractivity contribution is -0.135. The first-order chi connectivity index (χ1) is 8.61. The molecule has 1 aliphatic rings. The summed E-state index contributed by atoms with van der Waals surface area (Å²) < 4.78 is 0. The second kappa shape index (κ2) is 5.38. The van der Waals surface area contributed by atoms with E-state index in [4.69, 9.17) is 16.9 Å². The fourth-order valence-electron chi connectivity index (χ4n) is 2.00.